The van der Waals surface area contributed by atoms with Crippen LogP contribution in [0.4, 0.5) is 10.7 Å². The van der Waals surface area contributed by atoms with Crippen molar-refractivity contribution in [1.29, 1.82) is 0 Å². The lowest BCUT2D eigenvalue weighted by Crippen LogP contribution is -2.26. The smallest absolute Gasteiger partial charge is 0.341 e. The summed E-state index contributed by atoms with van der Waals surface area (Å²) in [5.41, 5.74) is 8.29. The molecule has 0 saturated heterocycles. The van der Waals surface area contributed by atoms with E-state index in [1.807, 2.05) is 14.0 Å². The molecule has 0 unspecified atom stereocenters. The molecule has 1 aliphatic rings. The zero-order chi connectivity index (χ0) is 21.0. The van der Waals surface area contributed by atoms with Crippen LogP contribution in [0.25, 0.3) is 0 Å². The molecule has 0 atom stereocenters. The highest BCUT2D eigenvalue weighted by Crippen LogP contribution is 2.37. The number of rotatable bonds is 7. The van der Waals surface area contributed by atoms with Gasteiger partial charge in [-0.2, -0.15) is 0 Å². The summed E-state index contributed by atoms with van der Waals surface area (Å²) in [7, 11) is 2.04. The number of likely N-dealkylation sites (N-methyl/N-ethyl adjacent to an activating group) is 1. The van der Waals surface area contributed by atoms with E-state index >= 15 is 0 Å². The fourth-order valence-corrected chi connectivity index (χ4v) is 4.56. The van der Waals surface area contributed by atoms with Crippen molar-refractivity contribution in [3.8, 4) is 5.75 Å². The third kappa shape index (κ3) is 4.71. The molecule has 3 rings (SSSR count). The lowest BCUT2D eigenvalue weighted by atomic mass is 10.0. The van der Waals surface area contributed by atoms with Gasteiger partial charge in [0.1, 0.15) is 10.8 Å². The lowest BCUT2D eigenvalue weighted by molar-refractivity contribution is 0.0526. The molecular weight excluding hydrogens is 390 g/mol. The molecule has 0 bridgehead atoms. The molecule has 1 aromatic heterocycles. The maximum atomic E-state index is 12.8. The van der Waals surface area contributed by atoms with Gasteiger partial charge in [0.05, 0.1) is 24.5 Å². The van der Waals surface area contributed by atoms with Gasteiger partial charge in [0.25, 0.3) is 5.91 Å². The molecule has 0 saturated carbocycles. The summed E-state index contributed by atoms with van der Waals surface area (Å²) in [6, 6.07) is 4.95. The third-order valence-electron chi connectivity index (χ3n) is 4.69. The first-order valence-electron chi connectivity index (χ1n) is 9.78. The van der Waals surface area contributed by atoms with Crippen LogP contribution in [-0.2, 0) is 17.7 Å². The van der Waals surface area contributed by atoms with Gasteiger partial charge in [-0.1, -0.05) is 6.92 Å². The Bertz CT molecular complexity index is 910. The summed E-state index contributed by atoms with van der Waals surface area (Å²) in [5, 5.41) is 3.42. The molecule has 0 radical (unpaired) electrons. The van der Waals surface area contributed by atoms with Crippen LogP contribution in [0.2, 0.25) is 0 Å². The lowest BCUT2D eigenvalue weighted by Gasteiger charge is -2.22. The number of thiophene rings is 1. The van der Waals surface area contributed by atoms with Crippen LogP contribution in [0, 0.1) is 0 Å². The molecule has 2 aromatic rings. The molecule has 1 amide bonds. The predicted octanol–water partition coefficient (Wildman–Crippen LogP) is 3.54. The second-order valence-electron chi connectivity index (χ2n) is 6.97. The summed E-state index contributed by atoms with van der Waals surface area (Å²) in [6.45, 7) is 6.24. The van der Waals surface area contributed by atoms with Crippen LogP contribution < -0.4 is 15.8 Å². The second-order valence-corrected chi connectivity index (χ2v) is 8.08. The largest absolute Gasteiger partial charge is 0.491 e. The Morgan fingerprint density at radius 3 is 2.79 bits per heavy atom. The van der Waals surface area contributed by atoms with Crippen LogP contribution in [0.5, 0.6) is 5.75 Å². The topological polar surface area (TPSA) is 93.9 Å². The number of nitrogens with one attached hydrogen (secondary N) is 1. The maximum absolute atomic E-state index is 12.8. The summed E-state index contributed by atoms with van der Waals surface area (Å²) < 4.78 is 10.8. The summed E-state index contributed by atoms with van der Waals surface area (Å²) in [5.74, 6) is -0.158. The first-order valence-corrected chi connectivity index (χ1v) is 10.6. The Morgan fingerprint density at radius 2 is 2.10 bits per heavy atom. The molecule has 3 N–H and O–H groups in total. The van der Waals surface area contributed by atoms with Crippen LogP contribution in [0.15, 0.2) is 18.2 Å². The SMILES string of the molecule is CCCOc1ccc(C(=O)Nc2sc3c(c2C(=O)OCC)CCN(C)C3)cc1N. The number of esters is 1. The number of benzene rings is 1. The minimum Gasteiger partial charge on any atom is -0.491 e. The minimum atomic E-state index is -0.396. The van der Waals surface area contributed by atoms with Crippen molar-refractivity contribution >= 4 is 33.9 Å². The zero-order valence-electron chi connectivity index (χ0n) is 17.0. The maximum Gasteiger partial charge on any atom is 0.341 e. The first-order chi connectivity index (χ1) is 13.9. The molecule has 1 aromatic carbocycles. The molecule has 0 spiro atoms. The van der Waals surface area contributed by atoms with Crippen LogP contribution >= 0.6 is 11.3 Å². The van der Waals surface area contributed by atoms with Gasteiger partial charge < -0.3 is 25.4 Å². The average molecular weight is 418 g/mol. The number of nitrogens with zero attached hydrogens (tertiary/aromatic N) is 1. The van der Waals surface area contributed by atoms with Crippen molar-refractivity contribution < 1.29 is 19.1 Å². The zero-order valence-corrected chi connectivity index (χ0v) is 17.9. The quantitative estimate of drug-likeness (QED) is 0.529. The van der Waals surface area contributed by atoms with E-state index in [9.17, 15) is 9.59 Å². The number of anilines is 2. The Kier molecular flexibility index (Phi) is 6.76. The number of nitrogen functional groups attached to an aromatic ring is 1. The molecule has 2 heterocycles. The van der Waals surface area contributed by atoms with Crippen molar-refractivity contribution in [3.05, 3.63) is 39.8 Å². The van der Waals surface area contributed by atoms with Gasteiger partial charge in [-0.3, -0.25) is 4.79 Å². The Hall–Kier alpha value is -2.58. The number of nitrogens with two attached hydrogens (primary N) is 1. The van der Waals surface area contributed by atoms with E-state index in [4.69, 9.17) is 15.2 Å². The van der Waals surface area contributed by atoms with Gasteiger partial charge in [0.2, 0.25) is 0 Å². The molecule has 0 fully saturated rings. The van der Waals surface area contributed by atoms with Gasteiger partial charge in [-0.25, -0.2) is 4.79 Å². The number of fused-ring (bicyclic) bond motifs is 1. The number of hydrogen-bond acceptors (Lipinski definition) is 7. The Morgan fingerprint density at radius 1 is 1.31 bits per heavy atom. The van der Waals surface area contributed by atoms with Gasteiger partial charge in [-0.05, 0) is 50.6 Å². The standard InChI is InChI=1S/C21H27N3O4S/c1-4-10-28-16-7-6-13(11-15(16)22)19(25)23-20-18(21(26)27-5-2)14-8-9-24(3)12-17(14)29-20/h6-7,11H,4-5,8-10,12,22H2,1-3H3,(H,23,25). The fourth-order valence-electron chi connectivity index (χ4n) is 3.25. The highest BCUT2D eigenvalue weighted by atomic mass is 32.1. The number of ether oxygens (including phenoxy) is 2. The van der Waals surface area contributed by atoms with E-state index in [0.29, 0.717) is 34.2 Å². The van der Waals surface area contributed by atoms with Gasteiger partial charge in [0.15, 0.2) is 0 Å². The van der Waals surface area contributed by atoms with E-state index in [2.05, 4.69) is 10.2 Å². The Labute approximate surface area is 174 Å². The molecule has 8 heteroatoms. The van der Waals surface area contributed by atoms with Crippen molar-refractivity contribution in [2.45, 2.75) is 33.2 Å². The molecule has 7 nitrogen and oxygen atoms in total. The van der Waals surface area contributed by atoms with Gasteiger partial charge in [-0.15, -0.1) is 11.3 Å². The number of carbonyl (C=O) groups is 2. The van der Waals surface area contributed by atoms with Crippen molar-refractivity contribution in [1.82, 2.24) is 4.90 Å². The third-order valence-corrected chi connectivity index (χ3v) is 5.82. The number of amides is 1. The molecule has 0 aliphatic carbocycles. The average Bonchev–Trinajstić information content (AvgIpc) is 3.03. The molecule has 1 aliphatic heterocycles. The number of carbonyl (C=O) groups excluding carboxylic acids is 2. The van der Waals surface area contributed by atoms with Gasteiger partial charge >= 0.3 is 5.97 Å². The second kappa shape index (κ2) is 9.28. The van der Waals surface area contributed by atoms with E-state index in [1.165, 1.54) is 11.3 Å². The Balaban J connectivity index is 1.86. The van der Waals surface area contributed by atoms with E-state index in [1.54, 1.807) is 25.1 Å². The van der Waals surface area contributed by atoms with Crippen molar-refractivity contribution in [2.75, 3.05) is 37.9 Å². The van der Waals surface area contributed by atoms with Crippen LogP contribution in [0.1, 0.15) is 51.4 Å². The highest BCUT2D eigenvalue weighted by molar-refractivity contribution is 7.17. The van der Waals surface area contributed by atoms with E-state index < -0.39 is 5.97 Å². The molecule has 156 valence electrons. The summed E-state index contributed by atoms with van der Waals surface area (Å²) in [4.78, 5) is 28.7. The molecular formula is C21H27N3O4S. The molecule has 29 heavy (non-hydrogen) atoms. The monoisotopic (exact) mass is 417 g/mol. The van der Waals surface area contributed by atoms with Gasteiger partial charge in [0, 0.05) is 23.5 Å². The van der Waals surface area contributed by atoms with Crippen molar-refractivity contribution in [3.63, 3.8) is 0 Å². The summed E-state index contributed by atoms with van der Waals surface area (Å²) in [6.07, 6.45) is 1.62. The normalized spacial score (nSPS) is 13.6. The fraction of sp³-hybridized carbons (Fsp3) is 0.429. The predicted molar refractivity (Wildman–Crippen MR) is 115 cm³/mol. The minimum absolute atomic E-state index is 0.284. The van der Waals surface area contributed by atoms with E-state index in [0.717, 1.165) is 36.4 Å². The first kappa shape index (κ1) is 21.1. The number of hydrogen-bond donors (Lipinski definition) is 2. The summed E-state index contributed by atoms with van der Waals surface area (Å²) >= 11 is 1.43. The van der Waals surface area contributed by atoms with Crippen molar-refractivity contribution in [2.24, 2.45) is 0 Å². The van der Waals surface area contributed by atoms with Crippen LogP contribution in [-0.4, -0.2) is 43.6 Å². The highest BCUT2D eigenvalue weighted by Gasteiger charge is 2.28. The van der Waals surface area contributed by atoms with E-state index in [-0.39, 0.29) is 12.5 Å². The van der Waals surface area contributed by atoms with Crippen LogP contribution in [0.3, 0.4) is 0 Å².